The van der Waals surface area contributed by atoms with E-state index in [1.165, 1.54) is 27.0 Å². The zero-order chi connectivity index (χ0) is 15.6. The van der Waals surface area contributed by atoms with E-state index in [9.17, 15) is 13.2 Å². The van der Waals surface area contributed by atoms with Crippen LogP contribution < -0.4 is 5.32 Å². The van der Waals surface area contributed by atoms with Gasteiger partial charge in [-0.2, -0.15) is 4.31 Å². The molecule has 8 heteroatoms. The molecule has 0 radical (unpaired) electrons. The lowest BCUT2D eigenvalue weighted by molar-refractivity contribution is 0.0950. The van der Waals surface area contributed by atoms with Gasteiger partial charge in [-0.1, -0.05) is 12.1 Å². The van der Waals surface area contributed by atoms with Crippen molar-refractivity contribution in [2.45, 2.75) is 23.1 Å². The number of sulfonamides is 1. The molecule has 3 rings (SSSR count). The first-order chi connectivity index (χ1) is 10.6. The van der Waals surface area contributed by atoms with Crippen molar-refractivity contribution in [3.63, 3.8) is 0 Å². The van der Waals surface area contributed by atoms with Crippen LogP contribution >= 0.6 is 22.7 Å². The number of hydrogen-bond acceptors (Lipinski definition) is 5. The Kier molecular flexibility index (Phi) is 4.62. The molecule has 1 N–H and O–H groups in total. The summed E-state index contributed by atoms with van der Waals surface area (Å²) in [4.78, 5) is 12.6. The number of carbonyl (C=O) groups is 1. The molecule has 1 aliphatic rings. The maximum absolute atomic E-state index is 12.6. The third-order valence-electron chi connectivity index (χ3n) is 3.62. The molecule has 118 valence electrons. The molecule has 1 aliphatic heterocycles. The lowest BCUT2D eigenvalue weighted by Crippen LogP contribution is -2.42. The van der Waals surface area contributed by atoms with Crippen LogP contribution in [0.5, 0.6) is 0 Å². The van der Waals surface area contributed by atoms with Crippen LogP contribution in [0.3, 0.4) is 0 Å². The van der Waals surface area contributed by atoms with Gasteiger partial charge in [-0.25, -0.2) is 8.42 Å². The molecule has 1 fully saturated rings. The summed E-state index contributed by atoms with van der Waals surface area (Å²) in [5.74, 6) is -0.143. The van der Waals surface area contributed by atoms with Gasteiger partial charge >= 0.3 is 0 Å². The molecule has 2 aromatic rings. The molecule has 22 heavy (non-hydrogen) atoms. The van der Waals surface area contributed by atoms with E-state index in [1.807, 2.05) is 11.4 Å². The summed E-state index contributed by atoms with van der Waals surface area (Å²) in [6, 6.07) is 6.77. The molecule has 0 aliphatic carbocycles. The smallest absolute Gasteiger partial charge is 0.261 e. The van der Waals surface area contributed by atoms with Crippen molar-refractivity contribution >= 4 is 38.6 Å². The Labute approximate surface area is 137 Å². The SMILES string of the molecule is O=C(NC[C@H]1CCCN1S(=O)(=O)c1cccs1)c1cccs1. The second kappa shape index (κ2) is 6.49. The van der Waals surface area contributed by atoms with Crippen molar-refractivity contribution in [3.8, 4) is 0 Å². The van der Waals surface area contributed by atoms with Crippen molar-refractivity contribution in [2.75, 3.05) is 13.1 Å². The molecule has 1 saturated heterocycles. The zero-order valence-corrected chi connectivity index (χ0v) is 14.2. The van der Waals surface area contributed by atoms with Gasteiger partial charge in [0.05, 0.1) is 4.88 Å². The lowest BCUT2D eigenvalue weighted by Gasteiger charge is -2.23. The van der Waals surface area contributed by atoms with Crippen molar-refractivity contribution < 1.29 is 13.2 Å². The molecule has 0 bridgehead atoms. The summed E-state index contributed by atoms with van der Waals surface area (Å²) in [6.07, 6.45) is 1.60. The quantitative estimate of drug-likeness (QED) is 0.894. The van der Waals surface area contributed by atoms with E-state index >= 15 is 0 Å². The number of amides is 1. The molecule has 5 nitrogen and oxygen atoms in total. The second-order valence-corrected chi connectivity index (χ2v) is 9.04. The Hall–Kier alpha value is -1.22. The highest BCUT2D eigenvalue weighted by molar-refractivity contribution is 7.91. The second-order valence-electron chi connectivity index (χ2n) is 5.03. The summed E-state index contributed by atoms with van der Waals surface area (Å²) in [6.45, 7) is 0.862. The van der Waals surface area contributed by atoms with E-state index in [0.29, 0.717) is 22.2 Å². The normalized spacial score (nSPS) is 19.4. The van der Waals surface area contributed by atoms with Crippen molar-refractivity contribution in [1.29, 1.82) is 0 Å². The molecule has 2 aromatic heterocycles. The first-order valence-electron chi connectivity index (χ1n) is 6.96. The number of thiophene rings is 2. The standard InChI is InChI=1S/C14H16N2O3S3/c17-14(12-5-2-8-20-12)15-10-11-4-1-7-16(11)22(18,19)13-6-3-9-21-13/h2-3,5-6,8-9,11H,1,4,7,10H2,(H,15,17)/t11-/m1/s1. The number of hydrogen-bond donors (Lipinski definition) is 1. The van der Waals surface area contributed by atoms with Crippen LogP contribution in [0.25, 0.3) is 0 Å². The summed E-state index contributed by atoms with van der Waals surface area (Å²) < 4.78 is 27.1. The highest BCUT2D eigenvalue weighted by atomic mass is 32.2. The number of nitrogens with zero attached hydrogens (tertiary/aromatic N) is 1. The monoisotopic (exact) mass is 356 g/mol. The van der Waals surface area contributed by atoms with E-state index in [-0.39, 0.29) is 11.9 Å². The predicted octanol–water partition coefficient (Wildman–Crippen LogP) is 2.39. The van der Waals surface area contributed by atoms with Crippen LogP contribution in [-0.2, 0) is 10.0 Å². The summed E-state index contributed by atoms with van der Waals surface area (Å²) in [5.41, 5.74) is 0. The van der Waals surface area contributed by atoms with Gasteiger partial charge in [0.25, 0.3) is 15.9 Å². The van der Waals surface area contributed by atoms with Crippen LogP contribution in [0, 0.1) is 0 Å². The maximum atomic E-state index is 12.6. The fourth-order valence-electron chi connectivity index (χ4n) is 2.56. The summed E-state index contributed by atoms with van der Waals surface area (Å²) in [7, 11) is -3.44. The number of rotatable bonds is 5. The Balaban J connectivity index is 1.68. The van der Waals surface area contributed by atoms with E-state index < -0.39 is 10.0 Å². The highest BCUT2D eigenvalue weighted by Crippen LogP contribution is 2.28. The molecular weight excluding hydrogens is 340 g/mol. The molecule has 3 heterocycles. The first-order valence-corrected chi connectivity index (χ1v) is 10.2. The molecule has 0 spiro atoms. The minimum absolute atomic E-state index is 0.143. The molecule has 1 amide bonds. The van der Waals surface area contributed by atoms with Crippen LogP contribution in [0.4, 0.5) is 0 Å². The molecule has 0 unspecified atom stereocenters. The molecule has 0 saturated carbocycles. The Bertz CT molecular complexity index is 723. The van der Waals surface area contributed by atoms with Crippen molar-refractivity contribution in [1.82, 2.24) is 9.62 Å². The number of nitrogens with one attached hydrogen (secondary N) is 1. The minimum atomic E-state index is -3.44. The number of carbonyl (C=O) groups excluding carboxylic acids is 1. The van der Waals surface area contributed by atoms with Gasteiger partial charge in [-0.3, -0.25) is 4.79 Å². The predicted molar refractivity (Wildman–Crippen MR) is 87.9 cm³/mol. The summed E-state index contributed by atoms with van der Waals surface area (Å²) in [5, 5.41) is 6.45. The van der Waals surface area contributed by atoms with E-state index in [2.05, 4.69) is 5.32 Å². The summed E-state index contributed by atoms with van der Waals surface area (Å²) >= 11 is 2.60. The average molecular weight is 356 g/mol. The highest BCUT2D eigenvalue weighted by Gasteiger charge is 2.35. The lowest BCUT2D eigenvalue weighted by atomic mass is 10.2. The van der Waals surface area contributed by atoms with Gasteiger partial charge in [0, 0.05) is 19.1 Å². The molecular formula is C14H16N2O3S3. The average Bonchev–Trinajstić information content (AvgIpc) is 3.27. The Morgan fingerprint density at radius 2 is 2.05 bits per heavy atom. The molecule has 0 aromatic carbocycles. The van der Waals surface area contributed by atoms with Crippen LogP contribution in [0.1, 0.15) is 22.5 Å². The van der Waals surface area contributed by atoms with Crippen molar-refractivity contribution in [2.24, 2.45) is 0 Å². The van der Waals surface area contributed by atoms with Gasteiger partial charge < -0.3 is 5.32 Å². The fraction of sp³-hybridized carbons (Fsp3) is 0.357. The van der Waals surface area contributed by atoms with E-state index in [4.69, 9.17) is 0 Å². The van der Waals surface area contributed by atoms with Gasteiger partial charge in [0.15, 0.2) is 0 Å². The van der Waals surface area contributed by atoms with Gasteiger partial charge in [-0.05, 0) is 35.7 Å². The van der Waals surface area contributed by atoms with Crippen LogP contribution in [-0.4, -0.2) is 37.8 Å². The first kappa shape index (κ1) is 15.7. The Morgan fingerprint density at radius 3 is 2.73 bits per heavy atom. The zero-order valence-electron chi connectivity index (χ0n) is 11.8. The third kappa shape index (κ3) is 3.10. The maximum Gasteiger partial charge on any atom is 0.261 e. The van der Waals surface area contributed by atoms with Crippen molar-refractivity contribution in [3.05, 3.63) is 39.9 Å². The van der Waals surface area contributed by atoms with E-state index in [1.54, 1.807) is 23.6 Å². The topological polar surface area (TPSA) is 66.5 Å². The largest absolute Gasteiger partial charge is 0.350 e. The van der Waals surface area contributed by atoms with Crippen LogP contribution in [0.2, 0.25) is 0 Å². The van der Waals surface area contributed by atoms with Gasteiger partial charge in [0.2, 0.25) is 0 Å². The molecule has 1 atom stereocenters. The minimum Gasteiger partial charge on any atom is -0.350 e. The van der Waals surface area contributed by atoms with Gasteiger partial charge in [-0.15, -0.1) is 22.7 Å². The third-order valence-corrected chi connectivity index (χ3v) is 7.82. The van der Waals surface area contributed by atoms with E-state index in [0.717, 1.165) is 12.8 Å². The van der Waals surface area contributed by atoms with Gasteiger partial charge in [0.1, 0.15) is 4.21 Å². The van der Waals surface area contributed by atoms with Crippen LogP contribution in [0.15, 0.2) is 39.2 Å². The Morgan fingerprint density at radius 1 is 1.27 bits per heavy atom. The fourth-order valence-corrected chi connectivity index (χ4v) is 6.01.